The number of nitrogens with zero attached hydrogens (tertiary/aromatic N) is 2. The fourth-order valence-electron chi connectivity index (χ4n) is 4.44. The van der Waals surface area contributed by atoms with Crippen LogP contribution in [0.2, 0.25) is 0 Å². The highest BCUT2D eigenvalue weighted by molar-refractivity contribution is 5.94. The molecule has 1 aliphatic carbocycles. The average Bonchev–Trinajstić information content (AvgIpc) is 3.48. The summed E-state index contributed by atoms with van der Waals surface area (Å²) in [6, 6.07) is 1.93. The maximum absolute atomic E-state index is 12.8. The van der Waals surface area contributed by atoms with E-state index in [2.05, 4.69) is 4.98 Å². The Balaban J connectivity index is 1.36. The van der Waals surface area contributed by atoms with Gasteiger partial charge in [0.05, 0.1) is 18.8 Å². The lowest BCUT2D eigenvalue weighted by Crippen LogP contribution is -2.50. The monoisotopic (exact) mass is 358 g/mol. The Morgan fingerprint density at radius 2 is 2.08 bits per heavy atom. The SMILES string of the molecule is Cc1cncc(C(=O)N2CCC3(CCOC[C@@H]3COCC3CC3)CC2)c1. The summed E-state index contributed by atoms with van der Waals surface area (Å²) in [5.74, 6) is 1.38. The van der Waals surface area contributed by atoms with Gasteiger partial charge in [0.25, 0.3) is 5.91 Å². The highest BCUT2D eigenvalue weighted by Gasteiger charge is 2.44. The second-order valence-corrected chi connectivity index (χ2v) is 8.41. The van der Waals surface area contributed by atoms with Gasteiger partial charge in [-0.2, -0.15) is 0 Å². The third-order valence-electron chi connectivity index (χ3n) is 6.47. The Bertz CT molecular complexity index is 636. The Morgan fingerprint density at radius 1 is 1.27 bits per heavy atom. The van der Waals surface area contributed by atoms with Crippen LogP contribution in [0.1, 0.15) is 48.0 Å². The smallest absolute Gasteiger partial charge is 0.255 e. The third kappa shape index (κ3) is 3.94. The molecule has 1 spiro atoms. The highest BCUT2D eigenvalue weighted by atomic mass is 16.5. The van der Waals surface area contributed by atoms with E-state index in [1.165, 1.54) is 12.8 Å². The van der Waals surface area contributed by atoms with Crippen molar-refractivity contribution in [3.8, 4) is 0 Å². The van der Waals surface area contributed by atoms with E-state index in [0.717, 1.165) is 70.3 Å². The fraction of sp³-hybridized carbons (Fsp3) is 0.714. The molecule has 0 N–H and O–H groups in total. The predicted octanol–water partition coefficient (Wildman–Crippen LogP) is 3.08. The van der Waals surface area contributed by atoms with Crippen molar-refractivity contribution in [2.45, 2.75) is 39.0 Å². The maximum atomic E-state index is 12.8. The minimum Gasteiger partial charge on any atom is -0.381 e. The second-order valence-electron chi connectivity index (χ2n) is 8.41. The van der Waals surface area contributed by atoms with E-state index in [-0.39, 0.29) is 11.3 Å². The van der Waals surface area contributed by atoms with E-state index in [1.807, 2.05) is 17.9 Å². The van der Waals surface area contributed by atoms with E-state index in [4.69, 9.17) is 9.47 Å². The third-order valence-corrected chi connectivity index (χ3v) is 6.47. The molecule has 4 rings (SSSR count). The largest absolute Gasteiger partial charge is 0.381 e. The predicted molar refractivity (Wildman–Crippen MR) is 99.0 cm³/mol. The number of carbonyl (C=O) groups excluding carboxylic acids is 1. The summed E-state index contributed by atoms with van der Waals surface area (Å²) in [4.78, 5) is 19.0. The van der Waals surface area contributed by atoms with Gasteiger partial charge in [-0.05, 0) is 62.0 Å². The molecule has 2 saturated heterocycles. The molecule has 1 saturated carbocycles. The summed E-state index contributed by atoms with van der Waals surface area (Å²) in [7, 11) is 0. The summed E-state index contributed by atoms with van der Waals surface area (Å²) in [5, 5.41) is 0. The molecule has 0 radical (unpaired) electrons. The van der Waals surface area contributed by atoms with Crippen molar-refractivity contribution in [2.75, 3.05) is 39.5 Å². The van der Waals surface area contributed by atoms with Crippen LogP contribution in [-0.2, 0) is 9.47 Å². The van der Waals surface area contributed by atoms with Gasteiger partial charge in [-0.15, -0.1) is 0 Å². The van der Waals surface area contributed by atoms with E-state index in [1.54, 1.807) is 12.4 Å². The van der Waals surface area contributed by atoms with Gasteiger partial charge in [0, 0.05) is 44.6 Å². The molecule has 2 aliphatic heterocycles. The molecule has 26 heavy (non-hydrogen) atoms. The molecule has 5 nitrogen and oxygen atoms in total. The number of aromatic nitrogens is 1. The van der Waals surface area contributed by atoms with Crippen molar-refractivity contribution >= 4 is 5.91 Å². The van der Waals surface area contributed by atoms with Crippen LogP contribution in [0.15, 0.2) is 18.5 Å². The molecular formula is C21H30N2O3. The van der Waals surface area contributed by atoms with Crippen molar-refractivity contribution in [1.29, 1.82) is 0 Å². The van der Waals surface area contributed by atoms with E-state index in [9.17, 15) is 4.79 Å². The van der Waals surface area contributed by atoms with Crippen molar-refractivity contribution in [2.24, 2.45) is 17.3 Å². The average molecular weight is 358 g/mol. The lowest BCUT2D eigenvalue weighted by molar-refractivity contribution is -0.0975. The van der Waals surface area contributed by atoms with E-state index in [0.29, 0.717) is 11.5 Å². The van der Waals surface area contributed by atoms with Gasteiger partial charge >= 0.3 is 0 Å². The second kappa shape index (κ2) is 7.65. The van der Waals surface area contributed by atoms with Gasteiger partial charge < -0.3 is 14.4 Å². The number of pyridine rings is 1. The molecule has 1 aromatic heterocycles. The molecular weight excluding hydrogens is 328 g/mol. The molecule has 142 valence electrons. The van der Waals surface area contributed by atoms with E-state index < -0.39 is 0 Å². The molecule has 0 bridgehead atoms. The van der Waals surface area contributed by atoms with Crippen molar-refractivity contribution < 1.29 is 14.3 Å². The number of hydrogen-bond donors (Lipinski definition) is 0. The van der Waals surface area contributed by atoms with Gasteiger partial charge in [0.15, 0.2) is 0 Å². The van der Waals surface area contributed by atoms with Crippen LogP contribution in [0.4, 0.5) is 0 Å². The normalized spacial score (nSPS) is 25.4. The van der Waals surface area contributed by atoms with Gasteiger partial charge in [0.1, 0.15) is 0 Å². The Hall–Kier alpha value is -1.46. The molecule has 3 heterocycles. The molecule has 1 atom stereocenters. The number of likely N-dealkylation sites (tertiary alicyclic amines) is 1. The Labute approximate surface area is 156 Å². The maximum Gasteiger partial charge on any atom is 0.255 e. The zero-order valence-electron chi connectivity index (χ0n) is 15.8. The zero-order chi connectivity index (χ0) is 18.0. The minimum atomic E-state index is 0.115. The van der Waals surface area contributed by atoms with Crippen molar-refractivity contribution in [3.05, 3.63) is 29.6 Å². The van der Waals surface area contributed by atoms with Crippen molar-refractivity contribution in [1.82, 2.24) is 9.88 Å². The fourth-order valence-corrected chi connectivity index (χ4v) is 4.44. The first-order valence-corrected chi connectivity index (χ1v) is 10.0. The summed E-state index contributed by atoms with van der Waals surface area (Å²) >= 11 is 0. The van der Waals surface area contributed by atoms with Crippen LogP contribution in [0, 0.1) is 24.2 Å². The molecule has 3 fully saturated rings. The number of carbonyl (C=O) groups is 1. The van der Waals surface area contributed by atoms with Gasteiger partial charge in [0.2, 0.25) is 0 Å². The highest BCUT2D eigenvalue weighted by Crippen LogP contribution is 2.45. The topological polar surface area (TPSA) is 51.7 Å². The van der Waals surface area contributed by atoms with Crippen LogP contribution in [0.3, 0.4) is 0 Å². The molecule has 0 unspecified atom stereocenters. The molecule has 1 amide bonds. The summed E-state index contributed by atoms with van der Waals surface area (Å²) < 4.78 is 11.8. The molecule has 3 aliphatic rings. The van der Waals surface area contributed by atoms with Gasteiger partial charge in [-0.3, -0.25) is 9.78 Å². The van der Waals surface area contributed by atoms with Crippen LogP contribution < -0.4 is 0 Å². The summed E-state index contributed by atoms with van der Waals surface area (Å²) in [5.41, 5.74) is 2.02. The minimum absolute atomic E-state index is 0.115. The number of amides is 1. The van der Waals surface area contributed by atoms with Crippen LogP contribution in [-0.4, -0.2) is 55.3 Å². The Morgan fingerprint density at radius 3 is 2.81 bits per heavy atom. The lowest BCUT2D eigenvalue weighted by atomic mass is 9.66. The number of rotatable bonds is 5. The first kappa shape index (κ1) is 17.9. The number of piperidine rings is 1. The van der Waals surface area contributed by atoms with Crippen LogP contribution >= 0.6 is 0 Å². The quantitative estimate of drug-likeness (QED) is 0.812. The number of hydrogen-bond acceptors (Lipinski definition) is 4. The van der Waals surface area contributed by atoms with Gasteiger partial charge in [-0.1, -0.05) is 0 Å². The lowest BCUT2D eigenvalue weighted by Gasteiger charge is -2.49. The first-order chi connectivity index (χ1) is 12.7. The first-order valence-electron chi connectivity index (χ1n) is 10.0. The number of ether oxygens (including phenoxy) is 2. The number of aryl methyl sites for hydroxylation is 1. The zero-order valence-corrected chi connectivity index (χ0v) is 15.8. The van der Waals surface area contributed by atoms with Crippen LogP contribution in [0.25, 0.3) is 0 Å². The Kier molecular flexibility index (Phi) is 5.28. The standard InChI is InChI=1S/C21H30N2O3/c1-16-10-18(12-22-11-16)20(24)23-7-4-21(5-8-23)6-9-25-14-19(21)15-26-13-17-2-3-17/h10-12,17,19H,2-9,13-15H2,1H3/t19-/m1/s1. The van der Waals surface area contributed by atoms with Crippen molar-refractivity contribution in [3.63, 3.8) is 0 Å². The van der Waals surface area contributed by atoms with Gasteiger partial charge in [-0.25, -0.2) is 0 Å². The van der Waals surface area contributed by atoms with Crippen LogP contribution in [0.5, 0.6) is 0 Å². The molecule has 5 heteroatoms. The molecule has 1 aromatic rings. The summed E-state index contributed by atoms with van der Waals surface area (Å²) in [6.45, 7) is 7.00. The molecule has 0 aromatic carbocycles. The van der Waals surface area contributed by atoms with E-state index >= 15 is 0 Å². The summed E-state index contributed by atoms with van der Waals surface area (Å²) in [6.07, 6.45) is 9.34.